The summed E-state index contributed by atoms with van der Waals surface area (Å²) in [4.78, 5) is 0. The van der Waals surface area contributed by atoms with Gasteiger partial charge in [0.05, 0.1) is 0 Å². The van der Waals surface area contributed by atoms with Crippen molar-refractivity contribution in [1.29, 1.82) is 0 Å². The second kappa shape index (κ2) is 45.5. The van der Waals surface area contributed by atoms with Crippen molar-refractivity contribution >= 4 is 0 Å². The van der Waals surface area contributed by atoms with Crippen molar-refractivity contribution in [2.75, 3.05) is 0 Å². The fourth-order valence-corrected chi connectivity index (χ4v) is 9.54. The van der Waals surface area contributed by atoms with Crippen LogP contribution in [0.4, 0.5) is 0 Å². The van der Waals surface area contributed by atoms with Crippen LogP contribution < -0.4 is 0 Å². The van der Waals surface area contributed by atoms with Crippen LogP contribution in [0.15, 0.2) is 18.2 Å². The van der Waals surface area contributed by atoms with E-state index in [0.717, 1.165) is 11.1 Å². The lowest BCUT2D eigenvalue weighted by molar-refractivity contribution is 0.453. The Kier molecular flexibility index (Phi) is 43.2. The summed E-state index contributed by atoms with van der Waals surface area (Å²) in [6.07, 6.45) is 68.7. The summed E-state index contributed by atoms with van der Waals surface area (Å²) in [6.45, 7) is 6.58. The maximum absolute atomic E-state index is 10.3. The molecule has 0 aliphatic carbocycles. The number of phenolic OH excluding ortho intramolecular Hbond substituents is 1. The van der Waals surface area contributed by atoms with E-state index in [4.69, 9.17) is 0 Å². The van der Waals surface area contributed by atoms with E-state index < -0.39 is 0 Å². The zero-order valence-electron chi connectivity index (χ0n) is 40.5. The molecule has 1 rings (SSSR count). The highest BCUT2D eigenvalue weighted by Crippen LogP contribution is 2.32. The molecule has 0 fully saturated rings. The summed E-state index contributed by atoms with van der Waals surface area (Å²) in [5.74, 6) is 0.972. The number of para-hydroxylation sites is 1. The van der Waals surface area contributed by atoms with Crippen molar-refractivity contribution in [2.24, 2.45) is 0 Å². The van der Waals surface area contributed by atoms with Gasteiger partial charge in [-0.25, -0.2) is 0 Å². The van der Waals surface area contributed by atoms with E-state index in [-0.39, 0.29) is 0 Å². The molecule has 58 heavy (non-hydrogen) atoms. The topological polar surface area (TPSA) is 20.2 Å². The summed E-state index contributed by atoms with van der Waals surface area (Å²) < 4.78 is 0. The highest BCUT2D eigenvalue weighted by Gasteiger charge is 2.11. The zero-order valence-corrected chi connectivity index (χ0v) is 40.5. The lowest BCUT2D eigenvalue weighted by Gasteiger charge is -2.14. The Labute approximate surface area is 367 Å². The molecule has 1 aromatic carbocycles. The number of hydrogen-bond donors (Lipinski definition) is 1. The Bertz CT molecular complexity index is 920. The monoisotopic (exact) mass is 809 g/mol. The van der Waals surface area contributed by atoms with Gasteiger partial charge in [-0.3, -0.25) is 0 Å². The first-order valence-corrected chi connectivity index (χ1v) is 27.4. The molecule has 0 spiro atoms. The number of unbranched alkanes of at least 4 members (excludes halogenated alkanes) is 45. The lowest BCUT2D eigenvalue weighted by Crippen LogP contribution is -1.95. The van der Waals surface area contributed by atoms with Crippen LogP contribution in [0.25, 0.3) is 0 Å². The second-order valence-electron chi connectivity index (χ2n) is 19.6. The van der Waals surface area contributed by atoms with E-state index in [0.29, 0.717) is 11.7 Å². The third-order valence-corrected chi connectivity index (χ3v) is 13.8. The second-order valence-corrected chi connectivity index (χ2v) is 19.6. The number of benzene rings is 1. The molecule has 1 atom stereocenters. The zero-order chi connectivity index (χ0) is 41.7. The summed E-state index contributed by atoms with van der Waals surface area (Å²) in [5, 5.41) is 10.3. The smallest absolute Gasteiger partial charge is 0.121 e. The van der Waals surface area contributed by atoms with Crippen LogP contribution in [0.5, 0.6) is 5.75 Å². The first-order chi connectivity index (χ1) is 28.7. The summed E-state index contributed by atoms with van der Waals surface area (Å²) >= 11 is 0. The molecule has 0 bridgehead atoms. The normalized spacial score (nSPS) is 12.2. The predicted molar refractivity (Wildman–Crippen MR) is 264 cm³/mol. The van der Waals surface area contributed by atoms with E-state index in [1.165, 1.54) is 302 Å². The molecule has 1 unspecified atom stereocenters. The third kappa shape index (κ3) is 38.0. The number of hydrogen-bond acceptors (Lipinski definition) is 1. The van der Waals surface area contributed by atoms with Crippen LogP contribution in [0.3, 0.4) is 0 Å². The van der Waals surface area contributed by atoms with Gasteiger partial charge in [0.1, 0.15) is 5.75 Å². The number of rotatable bonds is 48. The van der Waals surface area contributed by atoms with Gasteiger partial charge in [0.2, 0.25) is 0 Å². The average Bonchev–Trinajstić information content (AvgIpc) is 3.23. The van der Waals surface area contributed by atoms with E-state index in [1.54, 1.807) is 0 Å². The number of aromatic hydroxyl groups is 1. The van der Waals surface area contributed by atoms with Gasteiger partial charge in [-0.05, 0) is 30.4 Å². The van der Waals surface area contributed by atoms with Crippen molar-refractivity contribution in [3.63, 3.8) is 0 Å². The maximum atomic E-state index is 10.3. The minimum Gasteiger partial charge on any atom is -0.507 e. The Morgan fingerprint density at radius 3 is 0.759 bits per heavy atom. The molecule has 1 nitrogen and oxygen atoms in total. The van der Waals surface area contributed by atoms with Crippen molar-refractivity contribution in [1.82, 2.24) is 0 Å². The molecule has 0 radical (unpaired) electrons. The van der Waals surface area contributed by atoms with Crippen LogP contribution >= 0.6 is 0 Å². The van der Waals surface area contributed by atoms with E-state index in [1.807, 2.05) is 13.0 Å². The fraction of sp³-hybridized carbons (Fsp3) is 0.895. The Morgan fingerprint density at radius 1 is 0.328 bits per heavy atom. The molecule has 1 aromatic rings. The Hall–Kier alpha value is -0.980. The molecule has 0 aliphatic rings. The van der Waals surface area contributed by atoms with Crippen molar-refractivity contribution in [2.45, 2.75) is 328 Å². The van der Waals surface area contributed by atoms with E-state index >= 15 is 0 Å². The highest BCUT2D eigenvalue weighted by molar-refractivity contribution is 5.41. The molecule has 0 saturated heterocycles. The van der Waals surface area contributed by atoms with Crippen LogP contribution in [-0.2, 0) is 0 Å². The standard InChI is InChI=1S/C57H108O/c1-4-5-6-7-8-9-10-11-12-13-14-15-16-17-18-19-20-21-22-23-24-25-26-27-28-29-30-31-32-33-34-35-36-37-38-39-40-41-42-43-44-45-46-47-48-49-51-54(2)56-53-50-52-55(3)57(56)58/h50,52-54,58H,4-49,51H2,1-3H3. The van der Waals surface area contributed by atoms with Gasteiger partial charge in [-0.2, -0.15) is 0 Å². The lowest BCUT2D eigenvalue weighted by atomic mass is 9.92. The molecular weight excluding hydrogens is 701 g/mol. The van der Waals surface area contributed by atoms with Gasteiger partial charge < -0.3 is 5.11 Å². The average molecular weight is 809 g/mol. The Balaban J connectivity index is 1.63. The third-order valence-electron chi connectivity index (χ3n) is 13.8. The van der Waals surface area contributed by atoms with E-state index in [2.05, 4.69) is 26.0 Å². The highest BCUT2D eigenvalue weighted by atomic mass is 16.3. The molecule has 1 N–H and O–H groups in total. The summed E-state index contributed by atoms with van der Waals surface area (Å²) in [6, 6.07) is 6.17. The molecule has 0 aromatic heterocycles. The van der Waals surface area contributed by atoms with Crippen LogP contribution in [-0.4, -0.2) is 5.11 Å². The van der Waals surface area contributed by atoms with Gasteiger partial charge in [0, 0.05) is 0 Å². The molecular formula is C57H108O. The minimum atomic E-state index is 0.460. The number of phenols is 1. The van der Waals surface area contributed by atoms with Crippen molar-refractivity contribution in [3.8, 4) is 5.75 Å². The quantitative estimate of drug-likeness (QED) is 0.0650. The molecule has 0 aliphatic heterocycles. The van der Waals surface area contributed by atoms with E-state index in [9.17, 15) is 5.11 Å². The molecule has 0 saturated carbocycles. The van der Waals surface area contributed by atoms with Crippen LogP contribution in [0.1, 0.15) is 333 Å². The van der Waals surface area contributed by atoms with Gasteiger partial charge in [-0.1, -0.05) is 327 Å². The molecule has 0 heterocycles. The van der Waals surface area contributed by atoms with Crippen LogP contribution in [0, 0.1) is 6.92 Å². The largest absolute Gasteiger partial charge is 0.507 e. The number of aryl methyl sites for hydroxylation is 1. The minimum absolute atomic E-state index is 0.460. The summed E-state index contributed by atoms with van der Waals surface area (Å²) in [5.41, 5.74) is 2.13. The van der Waals surface area contributed by atoms with Gasteiger partial charge in [0.25, 0.3) is 0 Å². The van der Waals surface area contributed by atoms with Gasteiger partial charge in [0.15, 0.2) is 0 Å². The summed E-state index contributed by atoms with van der Waals surface area (Å²) in [7, 11) is 0. The fourth-order valence-electron chi connectivity index (χ4n) is 9.54. The van der Waals surface area contributed by atoms with Crippen molar-refractivity contribution in [3.05, 3.63) is 29.3 Å². The first kappa shape index (κ1) is 55.0. The molecule has 1 heteroatoms. The maximum Gasteiger partial charge on any atom is 0.121 e. The molecule has 342 valence electrons. The SMILES string of the molecule is CCCCCCCCCCCCCCCCCCCCCCCCCCCCCCCCCCCCCCCCCCCCCCCCC(C)c1cccc(C)c1O. The van der Waals surface area contributed by atoms with Crippen molar-refractivity contribution < 1.29 is 5.11 Å². The first-order valence-electron chi connectivity index (χ1n) is 27.4. The van der Waals surface area contributed by atoms with Crippen LogP contribution in [0.2, 0.25) is 0 Å². The Morgan fingerprint density at radius 2 is 0.534 bits per heavy atom. The molecule has 0 amide bonds. The van der Waals surface area contributed by atoms with Gasteiger partial charge in [-0.15, -0.1) is 0 Å². The predicted octanol–water partition coefficient (Wildman–Crippen LogP) is 21.2. The van der Waals surface area contributed by atoms with Gasteiger partial charge >= 0.3 is 0 Å².